The van der Waals surface area contributed by atoms with Crippen molar-refractivity contribution in [2.24, 2.45) is 11.1 Å². The highest BCUT2D eigenvalue weighted by molar-refractivity contribution is 6.16. The number of rotatable bonds is 3. The van der Waals surface area contributed by atoms with E-state index in [0.29, 0.717) is 12.0 Å². The molecule has 1 aliphatic carbocycles. The van der Waals surface area contributed by atoms with Gasteiger partial charge < -0.3 is 5.73 Å². The van der Waals surface area contributed by atoms with E-state index in [-0.39, 0.29) is 11.6 Å². The Morgan fingerprint density at radius 1 is 1.24 bits per heavy atom. The Balaban J connectivity index is 2.43. The summed E-state index contributed by atoms with van der Waals surface area (Å²) in [5.41, 5.74) is 5.20. The molecule has 0 heterocycles. The average Bonchev–Trinajstić information content (AvgIpc) is 2.39. The Bertz CT molecular complexity index is 502. The van der Waals surface area contributed by atoms with Crippen LogP contribution in [0.3, 0.4) is 0 Å². The van der Waals surface area contributed by atoms with Crippen LogP contribution >= 0.6 is 0 Å². The predicted molar refractivity (Wildman–Crippen MR) is 68.0 cm³/mol. The third-order valence-electron chi connectivity index (χ3n) is 2.99. The van der Waals surface area contributed by atoms with Gasteiger partial charge in [0.25, 0.3) is 0 Å². The lowest BCUT2D eigenvalue weighted by molar-refractivity contribution is 0.0909. The number of amidine groups is 1. The van der Waals surface area contributed by atoms with Gasteiger partial charge in [-0.25, -0.2) is 0 Å². The summed E-state index contributed by atoms with van der Waals surface area (Å²) in [6.07, 6.45) is 7.66. The van der Waals surface area contributed by atoms with Gasteiger partial charge in [-0.15, -0.1) is 0 Å². The van der Waals surface area contributed by atoms with Crippen LogP contribution in [0, 0.1) is 10.8 Å². The number of benzene rings is 1. The molecule has 3 N–H and O–H groups in total. The van der Waals surface area contributed by atoms with E-state index in [2.05, 4.69) is 0 Å². The van der Waals surface area contributed by atoms with Gasteiger partial charge in [0.05, 0.1) is 0 Å². The van der Waals surface area contributed by atoms with Gasteiger partial charge in [0.15, 0.2) is 5.78 Å². The van der Waals surface area contributed by atoms with Crippen molar-refractivity contribution in [3.63, 3.8) is 0 Å². The normalized spacial score (nSPS) is 22.4. The molecule has 0 amide bonds. The summed E-state index contributed by atoms with van der Waals surface area (Å²) in [5.74, 6) is -0.224. The van der Waals surface area contributed by atoms with Crippen molar-refractivity contribution in [3.8, 4) is 0 Å². The highest BCUT2D eigenvalue weighted by Gasteiger charge is 2.39. The quantitative estimate of drug-likeness (QED) is 0.472. The van der Waals surface area contributed by atoms with Gasteiger partial charge in [-0.3, -0.25) is 10.2 Å². The molecule has 0 saturated heterocycles. The number of carbonyl (C=O) groups is 1. The fourth-order valence-electron chi connectivity index (χ4n) is 1.96. The molecule has 1 unspecified atom stereocenters. The van der Waals surface area contributed by atoms with Crippen molar-refractivity contribution < 1.29 is 4.79 Å². The first kappa shape index (κ1) is 11.3. The molecule has 86 valence electrons. The van der Waals surface area contributed by atoms with Crippen molar-refractivity contribution in [2.75, 3.05) is 0 Å². The third kappa shape index (κ3) is 1.91. The Kier molecular flexibility index (Phi) is 2.91. The minimum atomic E-state index is -1.00. The van der Waals surface area contributed by atoms with Crippen molar-refractivity contribution in [1.82, 2.24) is 0 Å². The summed E-state index contributed by atoms with van der Waals surface area (Å²) in [7, 11) is 0. The van der Waals surface area contributed by atoms with Gasteiger partial charge in [0.1, 0.15) is 11.3 Å². The molecule has 0 spiro atoms. The molecule has 1 atom stereocenters. The molecule has 1 aliphatic rings. The minimum Gasteiger partial charge on any atom is -0.387 e. The molecule has 0 saturated carbocycles. The van der Waals surface area contributed by atoms with Gasteiger partial charge in [-0.05, 0) is 6.42 Å². The average molecular weight is 226 g/mol. The number of nitrogens with two attached hydrogens (primary N) is 1. The van der Waals surface area contributed by atoms with Gasteiger partial charge in [0.2, 0.25) is 0 Å². The van der Waals surface area contributed by atoms with Crippen LogP contribution in [0.4, 0.5) is 0 Å². The fraction of sp³-hybridized carbons (Fsp3) is 0.143. The van der Waals surface area contributed by atoms with Gasteiger partial charge in [0, 0.05) is 5.56 Å². The number of Topliss-reactive ketones (excluding diaryl/α,β-unsaturated/α-hetero) is 1. The molecule has 2 rings (SSSR count). The predicted octanol–water partition coefficient (Wildman–Crippen LogP) is 2.31. The zero-order valence-electron chi connectivity index (χ0n) is 9.39. The molecule has 1 aromatic rings. The maximum Gasteiger partial charge on any atom is 0.180 e. The van der Waals surface area contributed by atoms with E-state index in [0.717, 1.165) is 0 Å². The zero-order valence-corrected chi connectivity index (χ0v) is 9.39. The lowest BCUT2D eigenvalue weighted by Crippen LogP contribution is -2.42. The van der Waals surface area contributed by atoms with Crippen LogP contribution in [0.25, 0.3) is 0 Å². The summed E-state index contributed by atoms with van der Waals surface area (Å²) in [5, 5.41) is 7.69. The van der Waals surface area contributed by atoms with Gasteiger partial charge in [-0.2, -0.15) is 0 Å². The number of allylic oxidation sites excluding steroid dienone is 3. The monoisotopic (exact) mass is 226 g/mol. The summed E-state index contributed by atoms with van der Waals surface area (Å²) in [6.45, 7) is 0. The van der Waals surface area contributed by atoms with E-state index in [1.165, 1.54) is 0 Å². The zero-order chi connectivity index (χ0) is 12.3. The maximum atomic E-state index is 12.5. The van der Waals surface area contributed by atoms with Crippen LogP contribution in [0.5, 0.6) is 0 Å². The Hall–Kier alpha value is -2.16. The Morgan fingerprint density at radius 2 is 1.94 bits per heavy atom. The van der Waals surface area contributed by atoms with Crippen LogP contribution < -0.4 is 5.73 Å². The number of hydrogen-bond donors (Lipinski definition) is 2. The first-order valence-corrected chi connectivity index (χ1v) is 5.45. The van der Waals surface area contributed by atoms with E-state index >= 15 is 0 Å². The van der Waals surface area contributed by atoms with E-state index in [1.807, 2.05) is 30.4 Å². The first-order valence-electron chi connectivity index (χ1n) is 5.45. The highest BCUT2D eigenvalue weighted by atomic mass is 16.1. The molecule has 0 bridgehead atoms. The molecule has 17 heavy (non-hydrogen) atoms. The second-order valence-corrected chi connectivity index (χ2v) is 4.07. The van der Waals surface area contributed by atoms with E-state index in [9.17, 15) is 4.79 Å². The molecule has 1 aromatic carbocycles. The maximum absolute atomic E-state index is 12.5. The van der Waals surface area contributed by atoms with E-state index in [1.54, 1.807) is 24.3 Å². The number of carbonyl (C=O) groups excluding carboxylic acids is 1. The van der Waals surface area contributed by atoms with Crippen molar-refractivity contribution in [2.45, 2.75) is 6.42 Å². The largest absolute Gasteiger partial charge is 0.387 e. The fourth-order valence-corrected chi connectivity index (χ4v) is 1.96. The molecule has 0 aliphatic heterocycles. The van der Waals surface area contributed by atoms with E-state index in [4.69, 9.17) is 11.1 Å². The lowest BCUT2D eigenvalue weighted by Gasteiger charge is -2.28. The van der Waals surface area contributed by atoms with Crippen LogP contribution in [0.1, 0.15) is 16.8 Å². The topological polar surface area (TPSA) is 66.9 Å². The second kappa shape index (κ2) is 4.37. The molecule has 3 nitrogen and oxygen atoms in total. The summed E-state index contributed by atoms with van der Waals surface area (Å²) in [4.78, 5) is 12.5. The molecule has 0 fully saturated rings. The van der Waals surface area contributed by atoms with Crippen LogP contribution in [0.15, 0.2) is 54.6 Å². The van der Waals surface area contributed by atoms with Gasteiger partial charge >= 0.3 is 0 Å². The summed E-state index contributed by atoms with van der Waals surface area (Å²) < 4.78 is 0. The third-order valence-corrected chi connectivity index (χ3v) is 2.99. The standard InChI is InChI=1S/C14H14N2O/c15-13(16)14(9-5-2-6-10-14)12(17)11-7-3-1-4-8-11/h1-9H,10H2,(H3,15,16). The Morgan fingerprint density at radius 3 is 2.47 bits per heavy atom. The van der Waals surface area contributed by atoms with Crippen molar-refractivity contribution >= 4 is 11.6 Å². The van der Waals surface area contributed by atoms with Crippen LogP contribution in [0.2, 0.25) is 0 Å². The lowest BCUT2D eigenvalue weighted by atomic mass is 9.74. The van der Waals surface area contributed by atoms with Gasteiger partial charge in [-0.1, -0.05) is 54.6 Å². The molecule has 3 heteroatoms. The number of nitrogens with one attached hydrogen (secondary N) is 1. The molecule has 0 aromatic heterocycles. The smallest absolute Gasteiger partial charge is 0.180 e. The number of ketones is 1. The minimum absolute atomic E-state index is 0.105. The SMILES string of the molecule is N=C(N)C1(C(=O)c2ccccc2)C=CC=CC1. The van der Waals surface area contributed by atoms with Crippen molar-refractivity contribution in [3.05, 3.63) is 60.2 Å². The second-order valence-electron chi connectivity index (χ2n) is 4.07. The number of hydrogen-bond acceptors (Lipinski definition) is 2. The summed E-state index contributed by atoms with van der Waals surface area (Å²) in [6, 6.07) is 8.97. The van der Waals surface area contributed by atoms with Crippen molar-refractivity contribution in [1.29, 1.82) is 5.41 Å². The molecular weight excluding hydrogens is 212 g/mol. The summed E-state index contributed by atoms with van der Waals surface area (Å²) >= 11 is 0. The highest BCUT2D eigenvalue weighted by Crippen LogP contribution is 2.31. The van der Waals surface area contributed by atoms with E-state index < -0.39 is 5.41 Å². The van der Waals surface area contributed by atoms with Crippen LogP contribution in [-0.2, 0) is 0 Å². The molecular formula is C14H14N2O. The van der Waals surface area contributed by atoms with Crippen LogP contribution in [-0.4, -0.2) is 11.6 Å². The first-order chi connectivity index (χ1) is 8.17. The molecule has 0 radical (unpaired) electrons. The Labute approximate surface area is 100 Å².